The molecule has 1 aromatic heterocycles. The fraction of sp³-hybridized carbons (Fsp3) is 0. The van der Waals surface area contributed by atoms with E-state index in [9.17, 15) is 10.1 Å². The van der Waals surface area contributed by atoms with Crippen LogP contribution in [0.5, 0.6) is 0 Å². The number of nitriles is 1. The number of hydrogen-bond donors (Lipinski definition) is 1. The molecule has 4 nitrogen and oxygen atoms in total. The molecule has 0 atom stereocenters. The van der Waals surface area contributed by atoms with Crippen LogP contribution < -0.4 is 5.32 Å². The van der Waals surface area contributed by atoms with E-state index in [2.05, 4.69) is 5.32 Å². The summed E-state index contributed by atoms with van der Waals surface area (Å²) in [4.78, 5) is 12.2. The number of anilines is 1. The second-order valence-electron chi connectivity index (χ2n) is 5.20. The highest BCUT2D eigenvalue weighted by atomic mass is 35.5. The molecule has 2 aromatic carbocycles. The Morgan fingerprint density at radius 3 is 2.44 bits per heavy atom. The SMILES string of the molecule is N#C/C(=C/c1ccc(-c2ccccc2)o1)C(=O)Nc1ccc(Cl)cc1. The number of nitrogens with zero attached hydrogens (tertiary/aromatic N) is 1. The Bertz CT molecular complexity index is 951. The van der Waals surface area contributed by atoms with Crippen molar-refractivity contribution in [2.45, 2.75) is 0 Å². The molecule has 0 spiro atoms. The van der Waals surface area contributed by atoms with Gasteiger partial charge in [-0.15, -0.1) is 0 Å². The van der Waals surface area contributed by atoms with E-state index in [1.165, 1.54) is 6.08 Å². The number of furan rings is 1. The van der Waals surface area contributed by atoms with E-state index in [1.54, 1.807) is 36.4 Å². The predicted molar refractivity (Wildman–Crippen MR) is 97.8 cm³/mol. The topological polar surface area (TPSA) is 66.0 Å². The fourth-order valence-corrected chi connectivity index (χ4v) is 2.34. The standard InChI is InChI=1S/C20H13ClN2O2/c21-16-6-8-17(9-7-16)23-20(24)15(13-22)12-18-10-11-19(25-18)14-4-2-1-3-5-14/h1-12H,(H,23,24)/b15-12-. The Morgan fingerprint density at radius 1 is 1.04 bits per heavy atom. The number of rotatable bonds is 4. The minimum atomic E-state index is -0.512. The lowest BCUT2D eigenvalue weighted by Crippen LogP contribution is -2.13. The zero-order valence-corrected chi connectivity index (χ0v) is 13.8. The molecule has 25 heavy (non-hydrogen) atoms. The van der Waals surface area contributed by atoms with Gasteiger partial charge in [0.2, 0.25) is 0 Å². The van der Waals surface area contributed by atoms with Crippen molar-refractivity contribution in [2.75, 3.05) is 5.32 Å². The van der Waals surface area contributed by atoms with Crippen LogP contribution >= 0.6 is 11.6 Å². The average Bonchev–Trinajstić information content (AvgIpc) is 3.11. The predicted octanol–water partition coefficient (Wildman–Crippen LogP) is 5.15. The smallest absolute Gasteiger partial charge is 0.266 e. The largest absolute Gasteiger partial charge is 0.457 e. The molecule has 1 amide bonds. The quantitative estimate of drug-likeness (QED) is 0.524. The summed E-state index contributed by atoms with van der Waals surface area (Å²) in [6.07, 6.45) is 1.41. The highest BCUT2D eigenvalue weighted by Crippen LogP contribution is 2.23. The van der Waals surface area contributed by atoms with Gasteiger partial charge in [-0.25, -0.2) is 0 Å². The van der Waals surface area contributed by atoms with Gasteiger partial charge in [0.1, 0.15) is 23.2 Å². The molecule has 5 heteroatoms. The van der Waals surface area contributed by atoms with Gasteiger partial charge in [0.15, 0.2) is 0 Å². The van der Waals surface area contributed by atoms with Crippen LogP contribution in [0.15, 0.2) is 76.7 Å². The van der Waals surface area contributed by atoms with Gasteiger partial charge in [0, 0.05) is 22.3 Å². The number of benzene rings is 2. The van der Waals surface area contributed by atoms with Crippen LogP contribution in [0.3, 0.4) is 0 Å². The van der Waals surface area contributed by atoms with Crippen molar-refractivity contribution in [1.82, 2.24) is 0 Å². The summed E-state index contributed by atoms with van der Waals surface area (Å²) in [5.74, 6) is 0.589. The molecule has 122 valence electrons. The van der Waals surface area contributed by atoms with Crippen molar-refractivity contribution in [1.29, 1.82) is 5.26 Å². The van der Waals surface area contributed by atoms with Gasteiger partial charge in [-0.2, -0.15) is 5.26 Å². The maximum atomic E-state index is 12.2. The third-order valence-electron chi connectivity index (χ3n) is 3.44. The molecule has 1 N–H and O–H groups in total. The van der Waals surface area contributed by atoms with Crippen LogP contribution in [0.1, 0.15) is 5.76 Å². The van der Waals surface area contributed by atoms with E-state index in [1.807, 2.05) is 36.4 Å². The van der Waals surface area contributed by atoms with Crippen molar-refractivity contribution < 1.29 is 9.21 Å². The van der Waals surface area contributed by atoms with Crippen LogP contribution in [0.2, 0.25) is 5.02 Å². The van der Waals surface area contributed by atoms with Crippen LogP contribution in [-0.4, -0.2) is 5.91 Å². The molecule has 3 aromatic rings. The maximum absolute atomic E-state index is 12.2. The minimum absolute atomic E-state index is 0.0519. The van der Waals surface area contributed by atoms with Gasteiger partial charge in [-0.3, -0.25) is 4.79 Å². The van der Waals surface area contributed by atoms with Crippen LogP contribution in [0.25, 0.3) is 17.4 Å². The molecular formula is C20H13ClN2O2. The Labute approximate surface area is 150 Å². The lowest BCUT2D eigenvalue weighted by atomic mass is 10.2. The van der Waals surface area contributed by atoms with Crippen molar-refractivity contribution in [3.05, 3.63) is 83.1 Å². The van der Waals surface area contributed by atoms with E-state index in [0.29, 0.717) is 22.2 Å². The summed E-state index contributed by atoms with van der Waals surface area (Å²) in [6.45, 7) is 0. The van der Waals surface area contributed by atoms with E-state index < -0.39 is 5.91 Å². The van der Waals surface area contributed by atoms with E-state index in [0.717, 1.165) is 5.56 Å². The van der Waals surface area contributed by atoms with Gasteiger partial charge in [-0.1, -0.05) is 41.9 Å². The molecule has 0 bridgehead atoms. The number of carbonyl (C=O) groups is 1. The lowest BCUT2D eigenvalue weighted by Gasteiger charge is -2.03. The molecule has 0 saturated heterocycles. The first-order valence-corrected chi connectivity index (χ1v) is 7.87. The third-order valence-corrected chi connectivity index (χ3v) is 3.69. The van der Waals surface area contributed by atoms with Crippen molar-refractivity contribution in [3.63, 3.8) is 0 Å². The zero-order chi connectivity index (χ0) is 17.6. The third kappa shape index (κ3) is 4.17. The number of hydrogen-bond acceptors (Lipinski definition) is 3. The van der Waals surface area contributed by atoms with Gasteiger partial charge in [-0.05, 0) is 36.4 Å². The molecule has 0 aliphatic rings. The summed E-state index contributed by atoms with van der Waals surface area (Å²) in [5, 5.41) is 12.5. The Kier molecular flexibility index (Phi) is 4.98. The van der Waals surface area contributed by atoms with Crippen LogP contribution in [0, 0.1) is 11.3 Å². The van der Waals surface area contributed by atoms with E-state index in [-0.39, 0.29) is 5.57 Å². The van der Waals surface area contributed by atoms with Gasteiger partial charge >= 0.3 is 0 Å². The van der Waals surface area contributed by atoms with Crippen LogP contribution in [-0.2, 0) is 4.79 Å². The molecule has 3 rings (SSSR count). The van der Waals surface area contributed by atoms with Crippen molar-refractivity contribution in [3.8, 4) is 17.4 Å². The number of halogens is 1. The first kappa shape index (κ1) is 16.6. The Balaban J connectivity index is 1.78. The molecule has 1 heterocycles. The zero-order valence-electron chi connectivity index (χ0n) is 13.1. The first-order chi connectivity index (χ1) is 12.2. The molecule has 0 aliphatic heterocycles. The van der Waals surface area contributed by atoms with E-state index in [4.69, 9.17) is 16.0 Å². The number of nitrogens with one attached hydrogen (secondary N) is 1. The van der Waals surface area contributed by atoms with Gasteiger partial charge in [0.05, 0.1) is 0 Å². The molecule has 0 fully saturated rings. The summed E-state index contributed by atoms with van der Waals surface area (Å²) in [7, 11) is 0. The summed E-state index contributed by atoms with van der Waals surface area (Å²) < 4.78 is 5.69. The maximum Gasteiger partial charge on any atom is 0.266 e. The summed E-state index contributed by atoms with van der Waals surface area (Å²) in [6, 6.07) is 21.6. The van der Waals surface area contributed by atoms with Crippen molar-refractivity contribution in [2.24, 2.45) is 0 Å². The highest BCUT2D eigenvalue weighted by Gasteiger charge is 2.11. The minimum Gasteiger partial charge on any atom is -0.457 e. The summed E-state index contributed by atoms with van der Waals surface area (Å²) in [5.41, 5.74) is 1.43. The molecule has 0 aliphatic carbocycles. The first-order valence-electron chi connectivity index (χ1n) is 7.50. The van der Waals surface area contributed by atoms with Crippen molar-refractivity contribution >= 4 is 29.3 Å². The number of amides is 1. The van der Waals surface area contributed by atoms with Gasteiger partial charge in [0.25, 0.3) is 5.91 Å². The Morgan fingerprint density at radius 2 is 1.76 bits per heavy atom. The molecule has 0 unspecified atom stereocenters. The van der Waals surface area contributed by atoms with Gasteiger partial charge < -0.3 is 9.73 Å². The highest BCUT2D eigenvalue weighted by molar-refractivity contribution is 6.30. The molecule has 0 saturated carbocycles. The molecule has 0 radical (unpaired) electrons. The average molecular weight is 349 g/mol. The second kappa shape index (κ2) is 7.52. The summed E-state index contributed by atoms with van der Waals surface area (Å²) >= 11 is 5.81. The lowest BCUT2D eigenvalue weighted by molar-refractivity contribution is -0.112. The fourth-order valence-electron chi connectivity index (χ4n) is 2.21. The second-order valence-corrected chi connectivity index (χ2v) is 5.64. The van der Waals surface area contributed by atoms with E-state index >= 15 is 0 Å². The monoisotopic (exact) mass is 348 g/mol. The number of carbonyl (C=O) groups excluding carboxylic acids is 1. The Hall–Kier alpha value is -3.29. The van der Waals surface area contributed by atoms with Crippen LogP contribution in [0.4, 0.5) is 5.69 Å². The normalized spacial score (nSPS) is 11.0. The molecular weight excluding hydrogens is 336 g/mol.